The van der Waals surface area contributed by atoms with Gasteiger partial charge in [0, 0.05) is 36.9 Å². The lowest BCUT2D eigenvalue weighted by Crippen LogP contribution is -2.36. The average Bonchev–Trinajstić information content (AvgIpc) is 3.31. The molecule has 0 bridgehead atoms. The quantitative estimate of drug-likeness (QED) is 0.345. The third-order valence-electron chi connectivity index (χ3n) is 6.39. The molecule has 1 atom stereocenters. The summed E-state index contributed by atoms with van der Waals surface area (Å²) in [7, 11) is 0. The van der Waals surface area contributed by atoms with E-state index in [-0.39, 0.29) is 17.4 Å². The molecular formula is C26H24FN7O2. The van der Waals surface area contributed by atoms with Gasteiger partial charge in [0.1, 0.15) is 23.0 Å². The summed E-state index contributed by atoms with van der Waals surface area (Å²) >= 11 is 0. The van der Waals surface area contributed by atoms with E-state index >= 15 is 4.39 Å². The van der Waals surface area contributed by atoms with Crippen LogP contribution in [-0.4, -0.2) is 51.2 Å². The van der Waals surface area contributed by atoms with E-state index in [1.807, 2.05) is 36.1 Å². The van der Waals surface area contributed by atoms with E-state index in [0.29, 0.717) is 71.4 Å². The maximum absolute atomic E-state index is 15.0. The Hall–Kier alpha value is -4.31. The third-order valence-corrected chi connectivity index (χ3v) is 6.39. The van der Waals surface area contributed by atoms with E-state index in [0.717, 1.165) is 5.39 Å². The van der Waals surface area contributed by atoms with Gasteiger partial charge in [-0.25, -0.2) is 19.3 Å². The van der Waals surface area contributed by atoms with Gasteiger partial charge in [-0.3, -0.25) is 4.79 Å². The van der Waals surface area contributed by atoms with Gasteiger partial charge in [-0.15, -0.1) is 0 Å². The van der Waals surface area contributed by atoms with Crippen LogP contribution in [0.25, 0.3) is 33.3 Å². The number of hydrogen-bond donors (Lipinski definition) is 3. The van der Waals surface area contributed by atoms with Crippen LogP contribution in [0.1, 0.15) is 18.8 Å². The second kappa shape index (κ2) is 9.04. The number of rotatable bonds is 5. The number of nitrogens with zero attached hydrogens (tertiary/aromatic N) is 4. The Morgan fingerprint density at radius 3 is 2.64 bits per heavy atom. The number of imidazole rings is 1. The van der Waals surface area contributed by atoms with E-state index in [1.54, 1.807) is 24.5 Å². The van der Waals surface area contributed by atoms with Crippen LogP contribution in [0.3, 0.4) is 0 Å². The number of ether oxygens (including phenoxy) is 1. The first kappa shape index (κ1) is 22.2. The molecule has 10 heteroatoms. The first-order valence-electron chi connectivity index (χ1n) is 11.8. The summed E-state index contributed by atoms with van der Waals surface area (Å²) in [5.74, 6) is 0.592. The number of nitrogens with one attached hydrogen (secondary N) is 3. The van der Waals surface area contributed by atoms with Crippen molar-refractivity contribution < 1.29 is 9.13 Å². The minimum atomic E-state index is -0.347. The molecule has 182 valence electrons. The Bertz CT molecular complexity index is 1610. The molecule has 4 heterocycles. The van der Waals surface area contributed by atoms with Crippen molar-refractivity contribution in [2.24, 2.45) is 0 Å². The van der Waals surface area contributed by atoms with Crippen LogP contribution >= 0.6 is 0 Å². The Morgan fingerprint density at radius 2 is 1.83 bits per heavy atom. The maximum atomic E-state index is 15.0. The second-order valence-corrected chi connectivity index (χ2v) is 8.73. The topological polar surface area (TPSA) is 112 Å². The van der Waals surface area contributed by atoms with E-state index in [1.165, 1.54) is 6.07 Å². The SMILES string of the molecule is CC(Nc1c(-c2nc3cc(N4CCOCC4)c(F)cc3[nH]2)c(=O)[nH]c2ccccc12)c1ncccn1. The van der Waals surface area contributed by atoms with Crippen molar-refractivity contribution in [3.63, 3.8) is 0 Å². The number of H-pyrrole nitrogens is 2. The number of halogens is 1. The molecule has 0 aliphatic carbocycles. The number of fused-ring (bicyclic) bond motifs is 2. The Labute approximate surface area is 205 Å². The molecular weight excluding hydrogens is 461 g/mol. The van der Waals surface area contributed by atoms with Crippen LogP contribution < -0.4 is 15.8 Å². The Kier molecular flexibility index (Phi) is 5.57. The molecule has 1 fully saturated rings. The highest BCUT2D eigenvalue weighted by Crippen LogP contribution is 2.34. The van der Waals surface area contributed by atoms with Crippen molar-refractivity contribution in [3.05, 3.63) is 76.9 Å². The first-order chi connectivity index (χ1) is 17.6. The molecule has 5 aromatic rings. The van der Waals surface area contributed by atoms with Crippen LogP contribution in [-0.2, 0) is 4.74 Å². The molecule has 2 aromatic carbocycles. The molecule has 0 radical (unpaired) electrons. The van der Waals surface area contributed by atoms with Crippen LogP contribution in [0.2, 0.25) is 0 Å². The van der Waals surface area contributed by atoms with Crippen molar-refractivity contribution in [1.29, 1.82) is 0 Å². The maximum Gasteiger partial charge on any atom is 0.261 e. The van der Waals surface area contributed by atoms with Gasteiger partial charge in [-0.2, -0.15) is 0 Å². The monoisotopic (exact) mass is 485 g/mol. The Balaban J connectivity index is 1.49. The minimum absolute atomic E-state index is 0.287. The number of para-hydroxylation sites is 1. The second-order valence-electron chi connectivity index (χ2n) is 8.73. The molecule has 3 N–H and O–H groups in total. The summed E-state index contributed by atoms with van der Waals surface area (Å²) in [6.07, 6.45) is 3.36. The van der Waals surface area contributed by atoms with E-state index in [4.69, 9.17) is 9.72 Å². The summed E-state index contributed by atoms with van der Waals surface area (Å²) in [5.41, 5.74) is 2.87. The fraction of sp³-hybridized carbons (Fsp3) is 0.231. The summed E-state index contributed by atoms with van der Waals surface area (Å²) in [6, 6.07) is 12.2. The number of pyridine rings is 1. The van der Waals surface area contributed by atoms with Crippen molar-refractivity contribution in [3.8, 4) is 11.4 Å². The van der Waals surface area contributed by atoms with Gasteiger partial charge >= 0.3 is 0 Å². The fourth-order valence-corrected chi connectivity index (χ4v) is 4.62. The number of anilines is 2. The summed E-state index contributed by atoms with van der Waals surface area (Å²) in [6.45, 7) is 4.25. The van der Waals surface area contributed by atoms with Gasteiger partial charge in [0.2, 0.25) is 0 Å². The predicted octanol–water partition coefficient (Wildman–Crippen LogP) is 4.01. The van der Waals surface area contributed by atoms with Crippen LogP contribution in [0.4, 0.5) is 15.8 Å². The van der Waals surface area contributed by atoms with Gasteiger partial charge < -0.3 is 24.9 Å². The minimum Gasteiger partial charge on any atom is -0.378 e. The number of benzene rings is 2. The zero-order valence-corrected chi connectivity index (χ0v) is 19.6. The molecule has 1 aliphatic rings. The molecule has 1 saturated heterocycles. The largest absolute Gasteiger partial charge is 0.378 e. The molecule has 36 heavy (non-hydrogen) atoms. The molecule has 6 rings (SSSR count). The van der Waals surface area contributed by atoms with Crippen LogP contribution in [0.5, 0.6) is 0 Å². The zero-order chi connectivity index (χ0) is 24.6. The first-order valence-corrected chi connectivity index (χ1v) is 11.8. The summed E-state index contributed by atoms with van der Waals surface area (Å²) in [5, 5.41) is 4.24. The van der Waals surface area contributed by atoms with Crippen molar-refractivity contribution in [2.75, 3.05) is 36.5 Å². The molecule has 3 aromatic heterocycles. The lowest BCUT2D eigenvalue weighted by molar-refractivity contribution is 0.122. The van der Waals surface area contributed by atoms with Crippen molar-refractivity contribution in [2.45, 2.75) is 13.0 Å². The van der Waals surface area contributed by atoms with Crippen molar-refractivity contribution >= 4 is 33.3 Å². The van der Waals surface area contributed by atoms with Gasteiger partial charge in [-0.1, -0.05) is 18.2 Å². The Morgan fingerprint density at radius 1 is 1.06 bits per heavy atom. The average molecular weight is 486 g/mol. The predicted molar refractivity (Wildman–Crippen MR) is 137 cm³/mol. The number of hydrogen-bond acceptors (Lipinski definition) is 7. The van der Waals surface area contributed by atoms with E-state index in [9.17, 15) is 4.79 Å². The highest BCUT2D eigenvalue weighted by Gasteiger charge is 2.22. The number of morpholine rings is 1. The van der Waals surface area contributed by atoms with Crippen molar-refractivity contribution in [1.82, 2.24) is 24.9 Å². The summed E-state index contributed by atoms with van der Waals surface area (Å²) in [4.78, 5) is 34.8. The number of aromatic amines is 2. The zero-order valence-electron chi connectivity index (χ0n) is 19.6. The van der Waals surface area contributed by atoms with Gasteiger partial charge in [0.25, 0.3) is 5.56 Å². The molecule has 0 saturated carbocycles. The molecule has 9 nitrogen and oxygen atoms in total. The van der Waals surface area contributed by atoms with Crippen LogP contribution in [0.15, 0.2) is 59.7 Å². The van der Waals surface area contributed by atoms with Gasteiger partial charge in [0.05, 0.1) is 47.2 Å². The van der Waals surface area contributed by atoms with Gasteiger partial charge in [-0.05, 0) is 25.1 Å². The molecule has 1 unspecified atom stereocenters. The molecule has 0 spiro atoms. The summed E-state index contributed by atoms with van der Waals surface area (Å²) < 4.78 is 20.4. The van der Waals surface area contributed by atoms with E-state index < -0.39 is 0 Å². The highest BCUT2D eigenvalue weighted by atomic mass is 19.1. The van der Waals surface area contributed by atoms with Crippen LogP contribution in [0, 0.1) is 5.82 Å². The lowest BCUT2D eigenvalue weighted by Gasteiger charge is -2.29. The normalized spacial score (nSPS) is 14.9. The standard InChI is InChI=1S/C26H24FN7O2/c1-15(24-28-7-4-8-29-24)30-23-16-5-2-3-6-18(16)33-26(35)22(23)25-31-19-13-17(27)21(14-20(19)32-25)34-9-11-36-12-10-34/h2-8,13-15H,9-12H2,1H3,(H,31,32)(H2,30,33,35). The highest BCUT2D eigenvalue weighted by molar-refractivity contribution is 5.99. The molecule has 0 amide bonds. The smallest absolute Gasteiger partial charge is 0.261 e. The molecule has 1 aliphatic heterocycles. The number of aromatic nitrogens is 5. The fourth-order valence-electron chi connectivity index (χ4n) is 4.62. The van der Waals surface area contributed by atoms with E-state index in [2.05, 4.69) is 25.3 Å². The third kappa shape index (κ3) is 3.95. The lowest BCUT2D eigenvalue weighted by atomic mass is 10.1. The van der Waals surface area contributed by atoms with Gasteiger partial charge in [0.15, 0.2) is 0 Å².